The highest BCUT2D eigenvalue weighted by atomic mass is 16.5. The highest BCUT2D eigenvalue weighted by molar-refractivity contribution is 5.49. The fraction of sp³-hybridized carbons (Fsp3) is 0.615. The van der Waals surface area contributed by atoms with Crippen LogP contribution in [0.1, 0.15) is 25.7 Å². The van der Waals surface area contributed by atoms with Crippen LogP contribution in [0.3, 0.4) is 0 Å². The molecule has 0 unspecified atom stereocenters. The molecule has 0 radical (unpaired) electrons. The van der Waals surface area contributed by atoms with E-state index in [0.29, 0.717) is 18.5 Å². The lowest BCUT2D eigenvalue weighted by Gasteiger charge is -2.30. The van der Waals surface area contributed by atoms with E-state index in [1.165, 1.54) is 31.4 Å². The monoisotopic (exact) mass is 235 g/mol. The van der Waals surface area contributed by atoms with Gasteiger partial charge in [0.15, 0.2) is 0 Å². The lowest BCUT2D eigenvalue weighted by atomic mass is 10.2. The standard InChI is InChI=1S/C13H21N3O/c1-17-13-10-12(6-8-15-13)16(9-7-14)11-4-2-3-5-11/h6,8,10-11H,2-5,7,9,14H2,1H3. The van der Waals surface area contributed by atoms with Crippen molar-refractivity contribution in [3.8, 4) is 5.88 Å². The number of ether oxygens (including phenoxy) is 1. The molecule has 2 N–H and O–H groups in total. The zero-order valence-corrected chi connectivity index (χ0v) is 10.4. The first-order valence-corrected chi connectivity index (χ1v) is 6.32. The van der Waals surface area contributed by atoms with Crippen LogP contribution in [0.25, 0.3) is 0 Å². The van der Waals surface area contributed by atoms with Crippen LogP contribution in [0.4, 0.5) is 5.69 Å². The average molecular weight is 235 g/mol. The quantitative estimate of drug-likeness (QED) is 0.845. The van der Waals surface area contributed by atoms with E-state index in [-0.39, 0.29) is 0 Å². The third kappa shape index (κ3) is 2.88. The van der Waals surface area contributed by atoms with Crippen LogP contribution >= 0.6 is 0 Å². The Balaban J connectivity index is 2.18. The normalized spacial score (nSPS) is 16.1. The summed E-state index contributed by atoms with van der Waals surface area (Å²) in [5.41, 5.74) is 6.89. The Morgan fingerprint density at radius 2 is 2.24 bits per heavy atom. The largest absolute Gasteiger partial charge is 0.481 e. The molecule has 1 heterocycles. The molecule has 0 aromatic carbocycles. The van der Waals surface area contributed by atoms with E-state index in [1.54, 1.807) is 13.3 Å². The molecule has 0 aliphatic heterocycles. The molecule has 4 heteroatoms. The van der Waals surface area contributed by atoms with Gasteiger partial charge in [-0.25, -0.2) is 4.98 Å². The number of anilines is 1. The van der Waals surface area contributed by atoms with Crippen molar-refractivity contribution in [2.24, 2.45) is 5.73 Å². The number of hydrogen-bond donors (Lipinski definition) is 1. The maximum Gasteiger partial charge on any atom is 0.214 e. The van der Waals surface area contributed by atoms with E-state index >= 15 is 0 Å². The van der Waals surface area contributed by atoms with Crippen molar-refractivity contribution >= 4 is 5.69 Å². The first kappa shape index (κ1) is 12.2. The predicted octanol–water partition coefficient (Wildman–Crippen LogP) is 1.80. The van der Waals surface area contributed by atoms with Crippen molar-refractivity contribution in [3.05, 3.63) is 18.3 Å². The maximum atomic E-state index is 5.72. The van der Waals surface area contributed by atoms with Gasteiger partial charge in [0, 0.05) is 37.1 Å². The zero-order chi connectivity index (χ0) is 12.1. The molecule has 0 bridgehead atoms. The smallest absolute Gasteiger partial charge is 0.214 e. The van der Waals surface area contributed by atoms with Gasteiger partial charge in [-0.15, -0.1) is 0 Å². The number of hydrogen-bond acceptors (Lipinski definition) is 4. The first-order valence-electron chi connectivity index (χ1n) is 6.32. The van der Waals surface area contributed by atoms with Crippen LogP contribution in [-0.4, -0.2) is 31.2 Å². The van der Waals surface area contributed by atoms with Crippen LogP contribution in [0.15, 0.2) is 18.3 Å². The molecule has 1 saturated carbocycles. The second-order valence-corrected chi connectivity index (χ2v) is 4.48. The minimum absolute atomic E-state index is 0.630. The first-order chi connectivity index (χ1) is 8.35. The minimum atomic E-state index is 0.630. The summed E-state index contributed by atoms with van der Waals surface area (Å²) in [6, 6.07) is 4.66. The van der Waals surface area contributed by atoms with Gasteiger partial charge in [-0.05, 0) is 18.9 Å². The van der Waals surface area contributed by atoms with Crippen molar-refractivity contribution in [2.75, 3.05) is 25.1 Å². The third-order valence-corrected chi connectivity index (χ3v) is 3.39. The van der Waals surface area contributed by atoms with Crippen molar-refractivity contribution < 1.29 is 4.74 Å². The molecule has 0 amide bonds. The van der Waals surface area contributed by atoms with Crippen molar-refractivity contribution in [2.45, 2.75) is 31.7 Å². The summed E-state index contributed by atoms with van der Waals surface area (Å²) in [4.78, 5) is 6.55. The van der Waals surface area contributed by atoms with Gasteiger partial charge < -0.3 is 15.4 Å². The lowest BCUT2D eigenvalue weighted by Crippen LogP contribution is -2.37. The van der Waals surface area contributed by atoms with Crippen LogP contribution in [-0.2, 0) is 0 Å². The summed E-state index contributed by atoms with van der Waals surface area (Å²) in [5.74, 6) is 0.669. The highest BCUT2D eigenvalue weighted by Gasteiger charge is 2.22. The molecular weight excluding hydrogens is 214 g/mol. The summed E-state index contributed by atoms with van der Waals surface area (Å²) < 4.78 is 5.18. The van der Waals surface area contributed by atoms with Crippen molar-refractivity contribution in [3.63, 3.8) is 0 Å². The van der Waals surface area contributed by atoms with Gasteiger partial charge in [-0.2, -0.15) is 0 Å². The molecule has 94 valence electrons. The molecular formula is C13H21N3O. The second kappa shape index (κ2) is 5.87. The molecule has 1 aliphatic rings. The Morgan fingerprint density at radius 1 is 1.47 bits per heavy atom. The molecule has 17 heavy (non-hydrogen) atoms. The Morgan fingerprint density at radius 3 is 2.88 bits per heavy atom. The average Bonchev–Trinajstić information content (AvgIpc) is 2.89. The highest BCUT2D eigenvalue weighted by Crippen LogP contribution is 2.28. The van der Waals surface area contributed by atoms with Crippen LogP contribution in [0, 0.1) is 0 Å². The van der Waals surface area contributed by atoms with Crippen LogP contribution < -0.4 is 15.4 Å². The van der Waals surface area contributed by atoms with E-state index in [9.17, 15) is 0 Å². The van der Waals surface area contributed by atoms with E-state index in [0.717, 1.165) is 6.54 Å². The van der Waals surface area contributed by atoms with Gasteiger partial charge in [0.1, 0.15) is 0 Å². The Hall–Kier alpha value is -1.29. The predicted molar refractivity (Wildman–Crippen MR) is 69.4 cm³/mol. The summed E-state index contributed by atoms with van der Waals surface area (Å²) in [6.45, 7) is 1.58. The summed E-state index contributed by atoms with van der Waals surface area (Å²) >= 11 is 0. The Labute approximate surface area is 103 Å². The Kier molecular flexibility index (Phi) is 4.20. The van der Waals surface area contributed by atoms with E-state index in [2.05, 4.69) is 9.88 Å². The van der Waals surface area contributed by atoms with Crippen molar-refractivity contribution in [1.82, 2.24) is 4.98 Å². The summed E-state index contributed by atoms with van der Waals surface area (Å²) in [6.07, 6.45) is 6.99. The van der Waals surface area contributed by atoms with Crippen LogP contribution in [0.2, 0.25) is 0 Å². The maximum absolute atomic E-state index is 5.72. The lowest BCUT2D eigenvalue weighted by molar-refractivity contribution is 0.397. The molecule has 1 fully saturated rings. The van der Waals surface area contributed by atoms with Gasteiger partial charge in [-0.3, -0.25) is 0 Å². The van der Waals surface area contributed by atoms with E-state index < -0.39 is 0 Å². The van der Waals surface area contributed by atoms with E-state index in [4.69, 9.17) is 10.5 Å². The molecule has 1 aliphatic carbocycles. The molecule has 1 aromatic rings. The van der Waals surface area contributed by atoms with Crippen LogP contribution in [0.5, 0.6) is 5.88 Å². The number of aromatic nitrogens is 1. The summed E-state index contributed by atoms with van der Waals surface area (Å²) in [7, 11) is 1.65. The second-order valence-electron chi connectivity index (χ2n) is 4.48. The number of methoxy groups -OCH3 is 1. The topological polar surface area (TPSA) is 51.4 Å². The molecule has 0 atom stereocenters. The fourth-order valence-electron chi connectivity index (χ4n) is 2.57. The molecule has 1 aromatic heterocycles. The Bertz CT molecular complexity index is 350. The van der Waals surface area contributed by atoms with Gasteiger partial charge in [-0.1, -0.05) is 12.8 Å². The zero-order valence-electron chi connectivity index (χ0n) is 10.4. The fourth-order valence-corrected chi connectivity index (χ4v) is 2.57. The minimum Gasteiger partial charge on any atom is -0.481 e. The number of nitrogens with two attached hydrogens (primary N) is 1. The molecule has 2 rings (SSSR count). The van der Waals surface area contributed by atoms with E-state index in [1.807, 2.05) is 12.1 Å². The summed E-state index contributed by atoms with van der Waals surface area (Å²) in [5, 5.41) is 0. The molecule has 0 saturated heterocycles. The third-order valence-electron chi connectivity index (χ3n) is 3.39. The number of rotatable bonds is 5. The van der Waals surface area contributed by atoms with Gasteiger partial charge in [0.05, 0.1) is 7.11 Å². The molecule has 4 nitrogen and oxygen atoms in total. The SMILES string of the molecule is COc1cc(N(CCN)C2CCCC2)ccn1. The van der Waals surface area contributed by atoms with Crippen molar-refractivity contribution in [1.29, 1.82) is 0 Å². The van der Waals surface area contributed by atoms with Gasteiger partial charge >= 0.3 is 0 Å². The number of pyridine rings is 1. The molecule has 0 spiro atoms. The van der Waals surface area contributed by atoms with Gasteiger partial charge in [0.2, 0.25) is 5.88 Å². The number of nitrogens with zero attached hydrogens (tertiary/aromatic N) is 2. The van der Waals surface area contributed by atoms with Gasteiger partial charge in [0.25, 0.3) is 0 Å².